The van der Waals surface area contributed by atoms with Crippen molar-refractivity contribution in [1.82, 2.24) is 0 Å². The van der Waals surface area contributed by atoms with Gasteiger partial charge in [-0.05, 0) is 49.9 Å². The van der Waals surface area contributed by atoms with E-state index in [-0.39, 0.29) is 0 Å². The van der Waals surface area contributed by atoms with Crippen molar-refractivity contribution in [1.29, 1.82) is 0 Å². The fourth-order valence-corrected chi connectivity index (χ4v) is 3.77. The molecule has 2 nitrogen and oxygen atoms in total. The van der Waals surface area contributed by atoms with Crippen LogP contribution < -0.4 is 0 Å². The fourth-order valence-electron chi connectivity index (χ4n) is 3.77. The molecule has 0 aromatic carbocycles. The van der Waals surface area contributed by atoms with Crippen LogP contribution in [0.2, 0.25) is 0 Å². The molecule has 0 aromatic rings. The minimum atomic E-state index is 0.390. The second kappa shape index (κ2) is 5.22. The van der Waals surface area contributed by atoms with Gasteiger partial charge < -0.3 is 0 Å². The van der Waals surface area contributed by atoms with E-state index >= 15 is 0 Å². The Bertz CT molecular complexity index is 417. The van der Waals surface area contributed by atoms with Gasteiger partial charge in [0, 0.05) is 18.1 Å². The monoisotopic (exact) mass is 258 g/mol. The van der Waals surface area contributed by atoms with Gasteiger partial charge in [0.2, 0.25) is 0 Å². The van der Waals surface area contributed by atoms with E-state index < -0.39 is 0 Å². The fraction of sp³-hybridized carbons (Fsp3) is 0.765. The summed E-state index contributed by atoms with van der Waals surface area (Å²) in [6.07, 6.45) is 12.5. The number of hydrogen-bond donors (Lipinski definition) is 0. The van der Waals surface area contributed by atoms with Crippen molar-refractivity contribution in [2.45, 2.75) is 58.3 Å². The third kappa shape index (κ3) is 2.82. The SMILES string of the molecule is C=CC1(CCC)CCC(C2=NC(CC3CC3)=NC2)C1. The molecule has 2 saturated carbocycles. The largest absolute Gasteiger partial charge is 0.264 e. The third-order valence-corrected chi connectivity index (χ3v) is 5.16. The molecule has 0 saturated heterocycles. The van der Waals surface area contributed by atoms with Crippen LogP contribution >= 0.6 is 0 Å². The summed E-state index contributed by atoms with van der Waals surface area (Å²) in [5, 5.41) is 0. The van der Waals surface area contributed by atoms with E-state index in [9.17, 15) is 0 Å². The summed E-state index contributed by atoms with van der Waals surface area (Å²) in [5.41, 5.74) is 1.76. The van der Waals surface area contributed by atoms with Gasteiger partial charge in [0.15, 0.2) is 0 Å². The predicted molar refractivity (Wildman–Crippen MR) is 82.0 cm³/mol. The highest BCUT2D eigenvalue weighted by atomic mass is 15.0. The minimum Gasteiger partial charge on any atom is -0.264 e. The van der Waals surface area contributed by atoms with Gasteiger partial charge in [-0.25, -0.2) is 4.99 Å². The number of amidine groups is 1. The van der Waals surface area contributed by atoms with Crippen LogP contribution in [0.1, 0.15) is 58.3 Å². The van der Waals surface area contributed by atoms with E-state index in [1.165, 1.54) is 50.7 Å². The minimum absolute atomic E-state index is 0.390. The summed E-state index contributed by atoms with van der Waals surface area (Å²) in [6.45, 7) is 7.25. The highest BCUT2D eigenvalue weighted by Crippen LogP contribution is 2.47. The molecule has 0 radical (unpaired) electrons. The molecule has 0 bridgehead atoms. The molecule has 3 aliphatic rings. The molecule has 19 heavy (non-hydrogen) atoms. The van der Waals surface area contributed by atoms with Crippen molar-refractivity contribution in [3.05, 3.63) is 12.7 Å². The molecular weight excluding hydrogens is 232 g/mol. The molecule has 1 heterocycles. The average Bonchev–Trinajstić information content (AvgIpc) is 2.93. The van der Waals surface area contributed by atoms with Crippen LogP contribution in [0.4, 0.5) is 0 Å². The Hall–Kier alpha value is -0.920. The van der Waals surface area contributed by atoms with E-state index in [1.54, 1.807) is 0 Å². The maximum absolute atomic E-state index is 4.84. The van der Waals surface area contributed by atoms with Crippen LogP contribution in [0.5, 0.6) is 0 Å². The van der Waals surface area contributed by atoms with Crippen molar-refractivity contribution in [3.8, 4) is 0 Å². The van der Waals surface area contributed by atoms with Gasteiger partial charge in [0.1, 0.15) is 5.84 Å². The lowest BCUT2D eigenvalue weighted by Crippen LogP contribution is -2.17. The van der Waals surface area contributed by atoms with E-state index in [1.807, 2.05) is 0 Å². The lowest BCUT2D eigenvalue weighted by Gasteiger charge is -2.24. The zero-order valence-corrected chi connectivity index (χ0v) is 12.2. The Balaban J connectivity index is 1.60. The molecular formula is C17H26N2. The normalized spacial score (nSPS) is 34.3. The van der Waals surface area contributed by atoms with Crippen molar-refractivity contribution >= 4 is 11.5 Å². The van der Waals surface area contributed by atoms with Crippen molar-refractivity contribution < 1.29 is 0 Å². The Morgan fingerprint density at radius 1 is 1.37 bits per heavy atom. The molecule has 2 aliphatic carbocycles. The molecule has 2 heteroatoms. The van der Waals surface area contributed by atoms with Gasteiger partial charge in [0.25, 0.3) is 0 Å². The quantitative estimate of drug-likeness (QED) is 0.630. The third-order valence-electron chi connectivity index (χ3n) is 5.16. The highest BCUT2D eigenvalue weighted by Gasteiger charge is 2.38. The van der Waals surface area contributed by atoms with E-state index in [4.69, 9.17) is 4.99 Å². The number of allylic oxidation sites excluding steroid dienone is 1. The topological polar surface area (TPSA) is 24.7 Å². The molecule has 0 amide bonds. The van der Waals surface area contributed by atoms with E-state index in [2.05, 4.69) is 24.6 Å². The van der Waals surface area contributed by atoms with Gasteiger partial charge in [0.05, 0.1) is 6.54 Å². The van der Waals surface area contributed by atoms with Gasteiger partial charge >= 0.3 is 0 Å². The predicted octanol–water partition coefficient (Wildman–Crippen LogP) is 4.41. The van der Waals surface area contributed by atoms with Gasteiger partial charge in [-0.1, -0.05) is 19.4 Å². The molecule has 0 N–H and O–H groups in total. The zero-order chi connectivity index (χ0) is 13.3. The van der Waals surface area contributed by atoms with Crippen LogP contribution in [0, 0.1) is 17.3 Å². The molecule has 0 aromatic heterocycles. The summed E-state index contributed by atoms with van der Waals surface area (Å²) >= 11 is 0. The second-order valence-corrected chi connectivity index (χ2v) is 6.74. The van der Waals surface area contributed by atoms with Crippen molar-refractivity contribution in [2.24, 2.45) is 27.2 Å². The molecule has 2 fully saturated rings. The summed E-state index contributed by atoms with van der Waals surface area (Å²) in [7, 11) is 0. The summed E-state index contributed by atoms with van der Waals surface area (Å²) in [5.74, 6) is 2.71. The average molecular weight is 258 g/mol. The smallest absolute Gasteiger partial charge is 0.123 e. The van der Waals surface area contributed by atoms with Crippen LogP contribution in [0.3, 0.4) is 0 Å². The van der Waals surface area contributed by atoms with Crippen LogP contribution in [0.15, 0.2) is 22.6 Å². The number of hydrogen-bond acceptors (Lipinski definition) is 2. The highest BCUT2D eigenvalue weighted by molar-refractivity contribution is 6.05. The summed E-state index contributed by atoms with van der Waals surface area (Å²) in [4.78, 5) is 9.49. The number of aliphatic imine (C=N–C) groups is 2. The maximum atomic E-state index is 4.84. The molecule has 2 atom stereocenters. The standard InChI is InChI=1S/C17H26N2/c1-3-8-17(4-2)9-7-14(11-17)15-12-18-16(19-15)10-13-5-6-13/h4,13-14H,2-3,5-12H2,1H3. The summed E-state index contributed by atoms with van der Waals surface area (Å²) < 4.78 is 0. The Labute approximate surface area is 117 Å². The van der Waals surface area contributed by atoms with Gasteiger partial charge in [-0.3, -0.25) is 4.99 Å². The van der Waals surface area contributed by atoms with Crippen molar-refractivity contribution in [2.75, 3.05) is 6.54 Å². The molecule has 104 valence electrons. The van der Waals surface area contributed by atoms with Crippen LogP contribution in [-0.2, 0) is 0 Å². The lowest BCUT2D eigenvalue weighted by molar-refractivity contribution is 0.354. The number of nitrogens with zero attached hydrogens (tertiary/aromatic N) is 2. The van der Waals surface area contributed by atoms with Crippen molar-refractivity contribution in [3.63, 3.8) is 0 Å². The maximum Gasteiger partial charge on any atom is 0.123 e. The zero-order valence-electron chi connectivity index (χ0n) is 12.2. The lowest BCUT2D eigenvalue weighted by atomic mass is 9.80. The Kier molecular flexibility index (Phi) is 3.60. The molecule has 2 unspecified atom stereocenters. The Morgan fingerprint density at radius 3 is 2.89 bits per heavy atom. The Morgan fingerprint density at radius 2 is 2.21 bits per heavy atom. The van der Waals surface area contributed by atoms with E-state index in [0.717, 1.165) is 24.7 Å². The second-order valence-electron chi connectivity index (χ2n) is 6.74. The molecule has 0 spiro atoms. The molecule has 1 aliphatic heterocycles. The number of rotatable bonds is 6. The summed E-state index contributed by atoms with van der Waals surface area (Å²) in [6, 6.07) is 0. The molecule has 3 rings (SSSR count). The van der Waals surface area contributed by atoms with Gasteiger partial charge in [-0.2, -0.15) is 0 Å². The van der Waals surface area contributed by atoms with E-state index in [0.29, 0.717) is 11.3 Å². The first-order chi connectivity index (χ1) is 9.24. The first-order valence-electron chi connectivity index (χ1n) is 7.99. The first kappa shape index (κ1) is 13.1. The van der Waals surface area contributed by atoms with Crippen LogP contribution in [0.25, 0.3) is 0 Å². The van der Waals surface area contributed by atoms with Crippen LogP contribution in [-0.4, -0.2) is 18.1 Å². The first-order valence-corrected chi connectivity index (χ1v) is 7.99. The van der Waals surface area contributed by atoms with Gasteiger partial charge in [-0.15, -0.1) is 6.58 Å².